The van der Waals surface area contributed by atoms with Crippen LogP contribution in [0.3, 0.4) is 0 Å². The zero-order valence-electron chi connectivity index (χ0n) is 12.2. The molecule has 102 valence electrons. The van der Waals surface area contributed by atoms with Crippen LogP contribution < -0.4 is 5.73 Å². The van der Waals surface area contributed by atoms with Gasteiger partial charge in [-0.15, -0.1) is 0 Å². The predicted octanol–water partition coefficient (Wildman–Crippen LogP) is 3.33. The minimum atomic E-state index is 0.429. The number of nitrogens with zero attached hydrogens (tertiary/aromatic N) is 2. The van der Waals surface area contributed by atoms with Crippen LogP contribution in [-0.2, 0) is 0 Å². The summed E-state index contributed by atoms with van der Waals surface area (Å²) in [5.74, 6) is 1.19. The highest BCUT2D eigenvalue weighted by atomic mass is 15.3. The van der Waals surface area contributed by atoms with E-state index in [2.05, 4.69) is 43.5 Å². The van der Waals surface area contributed by atoms with Gasteiger partial charge in [0.25, 0.3) is 0 Å². The smallest absolute Gasteiger partial charge is 0.0492 e. The highest BCUT2D eigenvalue weighted by Crippen LogP contribution is 2.46. The molecule has 0 spiro atoms. The first-order valence-corrected chi connectivity index (χ1v) is 7.18. The molecule has 1 aliphatic rings. The van der Waals surface area contributed by atoms with Gasteiger partial charge in [-0.2, -0.15) is 5.10 Å². The molecule has 1 aromatic rings. The fraction of sp³-hybridized carbons (Fsp3) is 0.800. The minimum Gasteiger partial charge on any atom is -0.330 e. The summed E-state index contributed by atoms with van der Waals surface area (Å²) in [6.07, 6.45) is 5.70. The lowest BCUT2D eigenvalue weighted by Crippen LogP contribution is -2.34. The fourth-order valence-corrected chi connectivity index (χ4v) is 3.32. The molecule has 1 aliphatic carbocycles. The van der Waals surface area contributed by atoms with Crippen molar-refractivity contribution in [3.05, 3.63) is 18.0 Å². The highest BCUT2D eigenvalue weighted by Gasteiger charge is 2.36. The Morgan fingerprint density at radius 1 is 1.50 bits per heavy atom. The van der Waals surface area contributed by atoms with Crippen molar-refractivity contribution in [2.24, 2.45) is 17.1 Å². The van der Waals surface area contributed by atoms with Gasteiger partial charge in [0.05, 0.1) is 0 Å². The fourth-order valence-electron chi connectivity index (χ4n) is 3.32. The van der Waals surface area contributed by atoms with Gasteiger partial charge in [-0.05, 0) is 57.1 Å². The van der Waals surface area contributed by atoms with Crippen LogP contribution in [0.2, 0.25) is 0 Å². The largest absolute Gasteiger partial charge is 0.330 e. The van der Waals surface area contributed by atoms with Crippen LogP contribution in [0, 0.1) is 11.3 Å². The highest BCUT2D eigenvalue weighted by molar-refractivity contribution is 5.13. The topological polar surface area (TPSA) is 43.8 Å². The Labute approximate surface area is 111 Å². The first-order chi connectivity index (χ1) is 8.44. The summed E-state index contributed by atoms with van der Waals surface area (Å²) in [6.45, 7) is 9.94. The van der Waals surface area contributed by atoms with Crippen molar-refractivity contribution in [3.63, 3.8) is 0 Å². The van der Waals surface area contributed by atoms with Crippen LogP contribution in [0.4, 0.5) is 0 Å². The molecule has 0 aliphatic heterocycles. The average molecular weight is 249 g/mol. The van der Waals surface area contributed by atoms with E-state index in [4.69, 9.17) is 5.73 Å². The molecule has 1 saturated carbocycles. The second-order valence-electron chi connectivity index (χ2n) is 6.80. The van der Waals surface area contributed by atoms with Gasteiger partial charge in [0, 0.05) is 23.9 Å². The maximum atomic E-state index is 5.98. The van der Waals surface area contributed by atoms with Crippen LogP contribution in [0.15, 0.2) is 12.3 Å². The first kappa shape index (κ1) is 13.6. The van der Waals surface area contributed by atoms with Gasteiger partial charge in [0.1, 0.15) is 0 Å². The molecule has 2 atom stereocenters. The van der Waals surface area contributed by atoms with Gasteiger partial charge in [0.2, 0.25) is 0 Å². The normalized spacial score (nSPS) is 27.7. The maximum absolute atomic E-state index is 5.98. The molecule has 0 aromatic carbocycles. The SMILES string of the molecule is CC(C)n1nccc1C1CC(C)(C)CCC1CN. The van der Waals surface area contributed by atoms with Crippen molar-refractivity contribution in [3.8, 4) is 0 Å². The molecule has 2 rings (SSSR count). The molecule has 1 aromatic heterocycles. The van der Waals surface area contributed by atoms with Gasteiger partial charge in [-0.1, -0.05) is 13.8 Å². The summed E-state index contributed by atoms with van der Waals surface area (Å²) < 4.78 is 2.18. The number of hydrogen-bond donors (Lipinski definition) is 1. The van der Waals surface area contributed by atoms with Crippen LogP contribution in [0.5, 0.6) is 0 Å². The van der Waals surface area contributed by atoms with E-state index in [0.29, 0.717) is 23.3 Å². The van der Waals surface area contributed by atoms with Crippen molar-refractivity contribution >= 4 is 0 Å². The van der Waals surface area contributed by atoms with Crippen molar-refractivity contribution < 1.29 is 0 Å². The van der Waals surface area contributed by atoms with Crippen LogP contribution >= 0.6 is 0 Å². The summed E-state index contributed by atoms with van der Waals surface area (Å²) >= 11 is 0. The Hall–Kier alpha value is -0.830. The molecule has 1 heterocycles. The summed E-state index contributed by atoms with van der Waals surface area (Å²) in [5.41, 5.74) is 7.80. The zero-order valence-corrected chi connectivity index (χ0v) is 12.2. The van der Waals surface area contributed by atoms with Gasteiger partial charge in [-0.25, -0.2) is 0 Å². The Kier molecular flexibility index (Phi) is 3.81. The van der Waals surface area contributed by atoms with E-state index in [1.165, 1.54) is 25.0 Å². The molecular formula is C15H27N3. The van der Waals surface area contributed by atoms with E-state index in [1.54, 1.807) is 0 Å². The molecule has 1 fully saturated rings. The summed E-state index contributed by atoms with van der Waals surface area (Å²) in [6, 6.07) is 2.62. The molecular weight excluding hydrogens is 222 g/mol. The second-order valence-corrected chi connectivity index (χ2v) is 6.80. The Morgan fingerprint density at radius 2 is 2.22 bits per heavy atom. The standard InChI is InChI=1S/C15H27N3/c1-11(2)18-14(6-8-17-18)13-9-15(3,4)7-5-12(13)10-16/h6,8,11-13H,5,7,9-10,16H2,1-4H3. The van der Waals surface area contributed by atoms with Crippen LogP contribution in [-0.4, -0.2) is 16.3 Å². The number of rotatable bonds is 3. The van der Waals surface area contributed by atoms with E-state index < -0.39 is 0 Å². The average Bonchev–Trinajstić information content (AvgIpc) is 2.76. The van der Waals surface area contributed by atoms with E-state index in [-0.39, 0.29) is 0 Å². The predicted molar refractivity (Wildman–Crippen MR) is 75.5 cm³/mol. The number of nitrogens with two attached hydrogens (primary N) is 1. The van der Waals surface area contributed by atoms with Gasteiger partial charge in [0.15, 0.2) is 0 Å². The van der Waals surface area contributed by atoms with Crippen molar-refractivity contribution in [2.75, 3.05) is 6.54 Å². The minimum absolute atomic E-state index is 0.429. The van der Waals surface area contributed by atoms with E-state index in [1.807, 2.05) is 6.20 Å². The summed E-state index contributed by atoms with van der Waals surface area (Å²) in [7, 11) is 0. The molecule has 2 unspecified atom stereocenters. The lowest BCUT2D eigenvalue weighted by Gasteiger charge is -2.40. The molecule has 3 nitrogen and oxygen atoms in total. The van der Waals surface area contributed by atoms with Crippen molar-refractivity contribution in [1.29, 1.82) is 0 Å². The molecule has 2 N–H and O–H groups in total. The van der Waals surface area contributed by atoms with Gasteiger partial charge < -0.3 is 5.73 Å². The van der Waals surface area contributed by atoms with Gasteiger partial charge in [-0.3, -0.25) is 4.68 Å². The Bertz CT molecular complexity index is 392. The maximum Gasteiger partial charge on any atom is 0.0492 e. The second kappa shape index (κ2) is 5.04. The molecule has 18 heavy (non-hydrogen) atoms. The molecule has 3 heteroatoms. The lowest BCUT2D eigenvalue weighted by atomic mass is 9.66. The lowest BCUT2D eigenvalue weighted by molar-refractivity contribution is 0.159. The molecule has 0 amide bonds. The summed E-state index contributed by atoms with van der Waals surface area (Å²) in [4.78, 5) is 0. The van der Waals surface area contributed by atoms with E-state index in [0.717, 1.165) is 6.54 Å². The zero-order chi connectivity index (χ0) is 13.3. The molecule has 0 radical (unpaired) electrons. The van der Waals surface area contributed by atoms with Crippen LogP contribution in [0.1, 0.15) is 64.6 Å². The van der Waals surface area contributed by atoms with Crippen molar-refractivity contribution in [1.82, 2.24) is 9.78 Å². The third kappa shape index (κ3) is 2.61. The molecule has 0 bridgehead atoms. The van der Waals surface area contributed by atoms with E-state index >= 15 is 0 Å². The summed E-state index contributed by atoms with van der Waals surface area (Å²) in [5, 5.41) is 4.48. The quantitative estimate of drug-likeness (QED) is 0.893. The number of aromatic nitrogens is 2. The van der Waals surface area contributed by atoms with Gasteiger partial charge >= 0.3 is 0 Å². The van der Waals surface area contributed by atoms with Crippen LogP contribution in [0.25, 0.3) is 0 Å². The van der Waals surface area contributed by atoms with E-state index in [9.17, 15) is 0 Å². The Morgan fingerprint density at radius 3 is 2.83 bits per heavy atom. The molecule has 0 saturated heterocycles. The monoisotopic (exact) mass is 249 g/mol. The number of hydrogen-bond acceptors (Lipinski definition) is 2. The van der Waals surface area contributed by atoms with Crippen molar-refractivity contribution in [2.45, 2.75) is 58.9 Å². The Balaban J connectivity index is 2.30. The first-order valence-electron chi connectivity index (χ1n) is 7.18. The third-order valence-electron chi connectivity index (χ3n) is 4.41. The third-order valence-corrected chi connectivity index (χ3v) is 4.41.